The molecule has 2 aromatic heterocycles. The van der Waals surface area contributed by atoms with Crippen molar-refractivity contribution in [2.45, 2.75) is 33.9 Å². The molecule has 0 amide bonds. The van der Waals surface area contributed by atoms with Gasteiger partial charge in [0.15, 0.2) is 5.96 Å². The molecule has 6 nitrogen and oxygen atoms in total. The molecule has 6 heteroatoms. The van der Waals surface area contributed by atoms with Crippen LogP contribution in [0.3, 0.4) is 0 Å². The van der Waals surface area contributed by atoms with E-state index in [0.29, 0.717) is 13.1 Å². The molecule has 21 heavy (non-hydrogen) atoms. The van der Waals surface area contributed by atoms with Gasteiger partial charge in [-0.05, 0) is 26.8 Å². The minimum absolute atomic E-state index is 0.594. The van der Waals surface area contributed by atoms with Crippen molar-refractivity contribution < 1.29 is 4.42 Å². The molecular formula is C15H23N5O. The molecule has 0 saturated heterocycles. The van der Waals surface area contributed by atoms with Crippen LogP contribution in [0.15, 0.2) is 28.0 Å². The van der Waals surface area contributed by atoms with Gasteiger partial charge in [0.05, 0.1) is 24.8 Å². The van der Waals surface area contributed by atoms with E-state index in [2.05, 4.69) is 34.6 Å². The number of hydrogen-bond donors (Lipinski definition) is 2. The van der Waals surface area contributed by atoms with Crippen LogP contribution in [0.5, 0.6) is 0 Å². The molecule has 0 radical (unpaired) electrons. The van der Waals surface area contributed by atoms with Crippen LogP contribution >= 0.6 is 0 Å². The average molecular weight is 289 g/mol. The van der Waals surface area contributed by atoms with Crippen LogP contribution in [0.1, 0.15) is 29.4 Å². The van der Waals surface area contributed by atoms with Crippen LogP contribution in [0.2, 0.25) is 0 Å². The average Bonchev–Trinajstić information content (AvgIpc) is 3.04. The lowest BCUT2D eigenvalue weighted by Gasteiger charge is -2.11. The predicted molar refractivity (Wildman–Crippen MR) is 83.0 cm³/mol. The molecule has 0 aliphatic carbocycles. The van der Waals surface area contributed by atoms with E-state index in [0.717, 1.165) is 23.8 Å². The summed E-state index contributed by atoms with van der Waals surface area (Å²) in [6.07, 6.45) is 3.37. The summed E-state index contributed by atoms with van der Waals surface area (Å²) in [5.41, 5.74) is 4.49. The molecule has 0 saturated carbocycles. The zero-order chi connectivity index (χ0) is 15.2. The lowest BCUT2D eigenvalue weighted by Crippen LogP contribution is -2.37. The molecule has 0 fully saturated rings. The van der Waals surface area contributed by atoms with Gasteiger partial charge in [-0.1, -0.05) is 0 Å². The molecule has 0 aromatic carbocycles. The number of rotatable bonds is 5. The molecule has 0 unspecified atom stereocenters. The summed E-state index contributed by atoms with van der Waals surface area (Å²) < 4.78 is 6.95. The van der Waals surface area contributed by atoms with Gasteiger partial charge in [-0.15, -0.1) is 0 Å². The van der Waals surface area contributed by atoms with E-state index >= 15 is 0 Å². The van der Waals surface area contributed by atoms with Crippen LogP contribution in [0.25, 0.3) is 0 Å². The first-order valence-corrected chi connectivity index (χ1v) is 7.14. The summed E-state index contributed by atoms with van der Waals surface area (Å²) in [5.74, 6) is 0.793. The van der Waals surface area contributed by atoms with Crippen LogP contribution in [-0.2, 0) is 20.1 Å². The molecule has 0 atom stereocenters. The third kappa shape index (κ3) is 3.87. The van der Waals surface area contributed by atoms with Crippen LogP contribution in [0.4, 0.5) is 0 Å². The Labute approximate surface area is 125 Å². The third-order valence-electron chi connectivity index (χ3n) is 3.44. The molecular weight excluding hydrogens is 266 g/mol. The Kier molecular flexibility index (Phi) is 5.03. The summed E-state index contributed by atoms with van der Waals surface area (Å²) in [5, 5.41) is 11.0. The Balaban J connectivity index is 2.01. The summed E-state index contributed by atoms with van der Waals surface area (Å²) in [7, 11) is 1.96. The standard InChI is InChI=1S/C15H23N5O/c1-5-16-15(17-8-13-6-7-21-10-13)18-9-14-11(2)19-20(4)12(14)3/h6-7,10H,5,8-9H2,1-4H3,(H2,16,17,18). The number of hydrogen-bond acceptors (Lipinski definition) is 3. The van der Waals surface area contributed by atoms with Gasteiger partial charge in [-0.3, -0.25) is 4.68 Å². The van der Waals surface area contributed by atoms with Gasteiger partial charge < -0.3 is 15.1 Å². The van der Waals surface area contributed by atoms with Crippen molar-refractivity contribution >= 4 is 5.96 Å². The van der Waals surface area contributed by atoms with Gasteiger partial charge in [0.1, 0.15) is 0 Å². The number of furan rings is 1. The first-order chi connectivity index (χ1) is 10.1. The topological polar surface area (TPSA) is 67.4 Å². The summed E-state index contributed by atoms with van der Waals surface area (Å²) in [4.78, 5) is 4.54. The first kappa shape index (κ1) is 15.2. The van der Waals surface area contributed by atoms with E-state index in [4.69, 9.17) is 4.42 Å². The predicted octanol–water partition coefficient (Wildman–Crippen LogP) is 1.89. The summed E-state index contributed by atoms with van der Waals surface area (Å²) >= 11 is 0. The lowest BCUT2D eigenvalue weighted by atomic mass is 10.2. The Morgan fingerprint density at radius 1 is 1.38 bits per heavy atom. The molecule has 2 N–H and O–H groups in total. The fourth-order valence-electron chi connectivity index (χ4n) is 2.14. The smallest absolute Gasteiger partial charge is 0.191 e. The van der Waals surface area contributed by atoms with Gasteiger partial charge in [0, 0.05) is 37.0 Å². The molecule has 2 aromatic rings. The minimum atomic E-state index is 0.594. The highest BCUT2D eigenvalue weighted by atomic mass is 16.3. The fourth-order valence-corrected chi connectivity index (χ4v) is 2.14. The second-order valence-corrected chi connectivity index (χ2v) is 4.95. The zero-order valence-electron chi connectivity index (χ0n) is 13.1. The van der Waals surface area contributed by atoms with E-state index < -0.39 is 0 Å². The maximum Gasteiger partial charge on any atom is 0.191 e. The first-order valence-electron chi connectivity index (χ1n) is 7.14. The summed E-state index contributed by atoms with van der Waals surface area (Å²) in [6.45, 7) is 8.28. The number of nitrogens with one attached hydrogen (secondary N) is 2. The maximum atomic E-state index is 5.05. The van der Waals surface area contributed by atoms with Crippen molar-refractivity contribution in [1.82, 2.24) is 20.4 Å². The Hall–Kier alpha value is -2.24. The van der Waals surface area contributed by atoms with Gasteiger partial charge in [0.25, 0.3) is 0 Å². The lowest BCUT2D eigenvalue weighted by molar-refractivity contribution is 0.564. The normalized spacial score (nSPS) is 11.7. The van der Waals surface area contributed by atoms with Gasteiger partial charge in [0.2, 0.25) is 0 Å². The van der Waals surface area contributed by atoms with Crippen LogP contribution in [0, 0.1) is 13.8 Å². The summed E-state index contributed by atoms with van der Waals surface area (Å²) in [6, 6.07) is 1.92. The SMILES string of the molecule is CCNC(=NCc1ccoc1)NCc1c(C)nn(C)c1C. The molecule has 0 aliphatic heterocycles. The van der Waals surface area contributed by atoms with E-state index in [1.54, 1.807) is 12.5 Å². The van der Waals surface area contributed by atoms with Crippen molar-refractivity contribution in [2.75, 3.05) is 6.54 Å². The van der Waals surface area contributed by atoms with Crippen molar-refractivity contribution in [1.29, 1.82) is 0 Å². The van der Waals surface area contributed by atoms with Crippen molar-refractivity contribution in [2.24, 2.45) is 12.0 Å². The number of nitrogens with zero attached hydrogens (tertiary/aromatic N) is 3. The van der Waals surface area contributed by atoms with Gasteiger partial charge >= 0.3 is 0 Å². The van der Waals surface area contributed by atoms with Crippen molar-refractivity contribution in [3.05, 3.63) is 41.1 Å². The molecule has 2 heterocycles. The second-order valence-electron chi connectivity index (χ2n) is 4.95. The number of aliphatic imine (C=N–C) groups is 1. The Bertz CT molecular complexity index is 598. The quantitative estimate of drug-likeness (QED) is 0.651. The maximum absolute atomic E-state index is 5.05. The number of aryl methyl sites for hydroxylation is 2. The monoisotopic (exact) mass is 289 g/mol. The molecule has 0 aliphatic rings. The minimum Gasteiger partial charge on any atom is -0.472 e. The van der Waals surface area contributed by atoms with E-state index in [1.165, 1.54) is 11.3 Å². The molecule has 114 valence electrons. The van der Waals surface area contributed by atoms with Crippen LogP contribution in [-0.4, -0.2) is 22.3 Å². The zero-order valence-corrected chi connectivity index (χ0v) is 13.1. The molecule has 2 rings (SSSR count). The van der Waals surface area contributed by atoms with E-state index in [9.17, 15) is 0 Å². The highest BCUT2D eigenvalue weighted by molar-refractivity contribution is 5.79. The molecule has 0 bridgehead atoms. The van der Waals surface area contributed by atoms with E-state index in [-0.39, 0.29) is 0 Å². The van der Waals surface area contributed by atoms with Crippen molar-refractivity contribution in [3.63, 3.8) is 0 Å². The van der Waals surface area contributed by atoms with Crippen molar-refractivity contribution in [3.8, 4) is 0 Å². The van der Waals surface area contributed by atoms with Gasteiger partial charge in [-0.25, -0.2) is 4.99 Å². The van der Waals surface area contributed by atoms with E-state index in [1.807, 2.05) is 24.7 Å². The number of guanidine groups is 1. The largest absolute Gasteiger partial charge is 0.472 e. The Morgan fingerprint density at radius 2 is 2.19 bits per heavy atom. The van der Waals surface area contributed by atoms with Gasteiger partial charge in [-0.2, -0.15) is 5.10 Å². The van der Waals surface area contributed by atoms with Crippen LogP contribution < -0.4 is 10.6 Å². The highest BCUT2D eigenvalue weighted by Gasteiger charge is 2.09. The highest BCUT2D eigenvalue weighted by Crippen LogP contribution is 2.11. The number of aromatic nitrogens is 2. The second kappa shape index (κ2) is 6.97. The molecule has 0 spiro atoms. The third-order valence-corrected chi connectivity index (χ3v) is 3.44. The fraction of sp³-hybridized carbons (Fsp3) is 0.467. The Morgan fingerprint density at radius 3 is 2.76 bits per heavy atom.